The third-order valence-electron chi connectivity index (χ3n) is 11.5. The van der Waals surface area contributed by atoms with E-state index < -0.39 is 72.2 Å². The third-order valence-corrected chi connectivity index (χ3v) is 12.5. The number of allylic oxidation sites excluding steroid dienone is 2. The third kappa shape index (κ3) is 18.5. The van der Waals surface area contributed by atoms with Crippen LogP contribution in [0.5, 0.6) is 0 Å². The lowest BCUT2D eigenvalue weighted by atomic mass is 9.93. The second kappa shape index (κ2) is 27.5. The number of hydrogen-bond acceptors (Lipinski definition) is 13. The van der Waals surface area contributed by atoms with Crippen LogP contribution in [-0.2, 0) is 65.2 Å². The maximum atomic E-state index is 13.2. The molecule has 10 atom stereocenters. The number of aliphatic hydroxyl groups is 1. The van der Waals surface area contributed by atoms with E-state index in [0.717, 1.165) is 37.9 Å². The van der Waals surface area contributed by atoms with Crippen molar-refractivity contribution in [3.63, 3.8) is 0 Å². The van der Waals surface area contributed by atoms with Gasteiger partial charge in [0.1, 0.15) is 36.6 Å². The highest BCUT2D eigenvalue weighted by Crippen LogP contribution is 2.37. The van der Waals surface area contributed by atoms with Crippen molar-refractivity contribution >= 4 is 79.3 Å². The first-order valence-electron chi connectivity index (χ1n) is 22.9. The van der Waals surface area contributed by atoms with Crippen LogP contribution < -0.4 is 21.7 Å². The molecule has 16 nitrogen and oxygen atoms in total. The predicted octanol–water partition coefficient (Wildman–Crippen LogP) is 9.36. The number of carbonyl (C=O) groups is 4. The topological polar surface area (TPSA) is 215 Å². The number of amides is 3. The average Bonchev–Trinajstić information content (AvgIpc) is 3.37. The minimum atomic E-state index is -1.15. The molecule has 0 radical (unpaired) electrons. The van der Waals surface area contributed by atoms with E-state index in [1.54, 1.807) is 19.9 Å². The molecule has 72 heavy (non-hydrogen) atoms. The fourth-order valence-corrected chi connectivity index (χ4v) is 8.96. The average molecular weight is 1160 g/mol. The summed E-state index contributed by atoms with van der Waals surface area (Å²) in [6.45, 7) is 19.5. The van der Waals surface area contributed by atoms with Crippen LogP contribution >= 0.6 is 44.3 Å². The van der Waals surface area contributed by atoms with Crippen LogP contribution in [-0.4, -0.2) is 116 Å². The van der Waals surface area contributed by atoms with Crippen LogP contribution in [0.4, 0.5) is 11.4 Å². The van der Waals surface area contributed by atoms with Crippen molar-refractivity contribution in [1.29, 1.82) is 0 Å². The summed E-state index contributed by atoms with van der Waals surface area (Å²) in [7, 11) is 2.86. The van der Waals surface area contributed by atoms with E-state index in [1.165, 1.54) is 14.2 Å². The van der Waals surface area contributed by atoms with Gasteiger partial charge in [-0.3, -0.25) is 14.4 Å². The lowest BCUT2D eigenvalue weighted by Crippen LogP contribution is -2.61. The van der Waals surface area contributed by atoms with E-state index >= 15 is 0 Å². The van der Waals surface area contributed by atoms with Crippen LogP contribution in [0.25, 0.3) is 0 Å². The van der Waals surface area contributed by atoms with Gasteiger partial charge in [-0.15, -0.1) is 12.4 Å². The fourth-order valence-electron chi connectivity index (χ4n) is 8.14. The van der Waals surface area contributed by atoms with Gasteiger partial charge >= 0.3 is 5.97 Å². The van der Waals surface area contributed by atoms with Gasteiger partial charge in [-0.2, -0.15) is 0 Å². The number of rotatable bonds is 7. The second-order valence-corrected chi connectivity index (χ2v) is 22.4. The first kappa shape index (κ1) is 66.7. The molecular formula is C53H83Br2ClN4O12. The molecule has 6 N–H and O–H groups in total. The summed E-state index contributed by atoms with van der Waals surface area (Å²) in [5, 5.41) is 19.5. The van der Waals surface area contributed by atoms with Crippen molar-refractivity contribution in [2.45, 2.75) is 190 Å². The first-order valence-corrected chi connectivity index (χ1v) is 24.5. The summed E-state index contributed by atoms with van der Waals surface area (Å²) in [5.41, 5.74) is 9.33. The number of nitrogens with one attached hydrogen (secondary N) is 3. The van der Waals surface area contributed by atoms with Crippen LogP contribution in [0.3, 0.4) is 0 Å². The number of ether oxygens (including phenoxy) is 7. The van der Waals surface area contributed by atoms with Gasteiger partial charge in [0.2, 0.25) is 11.8 Å². The number of hydrogen-bond donors (Lipinski definition) is 5. The zero-order valence-electron chi connectivity index (χ0n) is 41.6. The molecule has 5 aliphatic rings. The smallest absolute Gasteiger partial charge is 0.338 e. The largest absolute Gasteiger partial charge is 0.454 e. The number of methoxy groups -OCH3 is 2. The highest BCUT2D eigenvalue weighted by atomic mass is 79.9. The Morgan fingerprint density at radius 3 is 1.78 bits per heavy atom. The van der Waals surface area contributed by atoms with Crippen molar-refractivity contribution in [2.24, 2.45) is 16.6 Å². The highest BCUT2D eigenvalue weighted by Gasteiger charge is 2.55. The quantitative estimate of drug-likeness (QED) is 0.129. The Morgan fingerprint density at radius 2 is 1.26 bits per heavy atom. The number of halogens is 3. The summed E-state index contributed by atoms with van der Waals surface area (Å²) in [5.74, 6) is -3.15. The van der Waals surface area contributed by atoms with Crippen molar-refractivity contribution < 1.29 is 57.4 Å². The molecule has 2 aromatic rings. The Kier molecular flexibility index (Phi) is 25.5. The minimum absolute atomic E-state index is 0. The molecular weight excluding hydrogens is 1080 g/mol. The molecule has 408 valence electrons. The van der Waals surface area contributed by atoms with Gasteiger partial charge in [0.15, 0.2) is 29.9 Å². The van der Waals surface area contributed by atoms with Crippen molar-refractivity contribution in [1.82, 2.24) is 5.32 Å². The number of nitrogens with two attached hydrogens (primary N) is 1. The number of carbonyl (C=O) groups excluding carboxylic acids is 4. The van der Waals surface area contributed by atoms with E-state index in [0.29, 0.717) is 19.3 Å². The molecule has 5 aliphatic heterocycles. The Balaban J connectivity index is 0.000000580. The van der Waals surface area contributed by atoms with Crippen LogP contribution in [0.2, 0.25) is 0 Å². The number of aliphatic hydroxyl groups excluding tert-OH is 1. The van der Waals surface area contributed by atoms with Crippen molar-refractivity contribution in [3.05, 3.63) is 80.8 Å². The SMILES string of the molecule is C.C.C.CO[C@@H](C(=O)NC1CCc2cc(Br)ccc2NC1=O)[C@@H]1OC(C)(C)O[C@H](/C=C/C(C)(C)C)[C@@H]1O.CO[C@H]1C(=O)O[C@@H]2[C@H]1OC(C)(C)O[C@@H]2/C=C/C(C)(C)C.Cl.NC1CCc2cc(Br)ccc2NC1=O. The maximum absolute atomic E-state index is 13.2. The van der Waals surface area contributed by atoms with Crippen LogP contribution in [0, 0.1) is 10.8 Å². The van der Waals surface area contributed by atoms with Gasteiger partial charge in [0.05, 0.1) is 6.04 Å². The number of esters is 1. The molecule has 0 saturated carbocycles. The Morgan fingerprint density at radius 1 is 0.778 bits per heavy atom. The molecule has 7 rings (SSSR count). The number of aryl methyl sites for hydroxylation is 2. The normalized spacial score (nSPS) is 27.6. The van der Waals surface area contributed by atoms with Gasteiger partial charge in [-0.1, -0.05) is 120 Å². The molecule has 19 heteroatoms. The molecule has 0 bridgehead atoms. The predicted molar refractivity (Wildman–Crippen MR) is 292 cm³/mol. The molecule has 5 heterocycles. The van der Waals surface area contributed by atoms with Crippen LogP contribution in [0.1, 0.15) is 115 Å². The fraction of sp³-hybridized carbons (Fsp3) is 0.623. The van der Waals surface area contributed by atoms with Crippen LogP contribution in [0.15, 0.2) is 69.6 Å². The molecule has 0 spiro atoms. The first-order chi connectivity index (χ1) is 31.6. The van der Waals surface area contributed by atoms with E-state index in [9.17, 15) is 24.3 Å². The maximum Gasteiger partial charge on any atom is 0.338 e. The zero-order chi connectivity index (χ0) is 50.5. The standard InChI is InChI=1S/C25H35BrN2O6.C15H24O5.C10H11BrN2O.3CH4.ClH/c1-24(2,3)12-11-18-19(29)20(34-25(4,5)33-18)21(32-6)23(31)28-17-9-7-14-13-15(26)8-10-16(14)27-22(17)30;1-14(2,3)8-7-9-10-11(20-15(4,5)19-9)12(17-6)13(16)18-10;11-7-2-4-9-6(5-7)1-3-8(12)10(14)13-9;;;;/h8,10-13,17-21,29H,7,9H2,1-6H3,(H,27,30)(H,28,31);7-12H,1-6H3;2,4-5,8H,1,3,12H2,(H,13,14);3*1H4;1H/b12-11+;8-7+;;;;;/t17?,18-,19+,20-,21-;9-,10+,11-,12-;;;;;/m11...../s1. The lowest BCUT2D eigenvalue weighted by Gasteiger charge is -2.45. The summed E-state index contributed by atoms with van der Waals surface area (Å²) in [6.07, 6.45) is 4.46. The summed E-state index contributed by atoms with van der Waals surface area (Å²) >= 11 is 6.85. The van der Waals surface area contributed by atoms with Gasteiger partial charge in [-0.25, -0.2) is 4.79 Å². The number of benzene rings is 2. The second-order valence-electron chi connectivity index (χ2n) is 20.6. The molecule has 3 fully saturated rings. The summed E-state index contributed by atoms with van der Waals surface area (Å²) < 4.78 is 41.5. The molecule has 0 aliphatic carbocycles. The Labute approximate surface area is 451 Å². The Hall–Kier alpha value is -3.27. The van der Waals surface area contributed by atoms with Crippen molar-refractivity contribution in [2.75, 3.05) is 24.9 Å². The van der Waals surface area contributed by atoms with Gasteiger partial charge in [-0.05, 0) is 112 Å². The number of fused-ring (bicyclic) bond motifs is 3. The Bertz CT molecular complexity index is 2200. The van der Waals surface area contributed by atoms with Crippen molar-refractivity contribution in [3.8, 4) is 0 Å². The summed E-state index contributed by atoms with van der Waals surface area (Å²) in [4.78, 5) is 49.3. The van der Waals surface area contributed by atoms with Gasteiger partial charge < -0.3 is 59.9 Å². The molecule has 0 aromatic heterocycles. The molecule has 2 unspecified atom stereocenters. The molecule has 2 aromatic carbocycles. The minimum Gasteiger partial charge on any atom is -0.454 e. The molecule has 3 amide bonds. The lowest BCUT2D eigenvalue weighted by molar-refractivity contribution is -0.334. The van der Waals surface area contributed by atoms with E-state index in [-0.39, 0.29) is 69.5 Å². The van der Waals surface area contributed by atoms with E-state index in [4.69, 9.17) is 38.9 Å². The zero-order valence-corrected chi connectivity index (χ0v) is 45.5. The molecule has 3 saturated heterocycles. The van der Waals surface area contributed by atoms with E-state index in [2.05, 4.69) is 74.7 Å². The van der Waals surface area contributed by atoms with Gasteiger partial charge in [0.25, 0.3) is 5.91 Å². The van der Waals surface area contributed by atoms with E-state index in [1.807, 2.05) is 83.2 Å². The number of anilines is 2. The monoisotopic (exact) mass is 1160 g/mol. The van der Waals surface area contributed by atoms with Gasteiger partial charge in [0, 0.05) is 34.5 Å². The highest BCUT2D eigenvalue weighted by molar-refractivity contribution is 9.10. The summed E-state index contributed by atoms with van der Waals surface area (Å²) in [6, 6.07) is 10.3.